The summed E-state index contributed by atoms with van der Waals surface area (Å²) in [5.74, 6) is 0.0666. The first kappa shape index (κ1) is 21.0. The van der Waals surface area contributed by atoms with Gasteiger partial charge in [0.15, 0.2) is 5.82 Å². The van der Waals surface area contributed by atoms with Crippen LogP contribution in [0.3, 0.4) is 0 Å². The Morgan fingerprint density at radius 1 is 1.30 bits per heavy atom. The largest absolute Gasteiger partial charge is 0.491 e. The Hall–Kier alpha value is -3.89. The fraction of sp³-hybridized carbons (Fsp3) is 0.273. The number of likely N-dealkylation sites (N-methyl/N-ethyl adjacent to an activating group) is 1. The zero-order valence-electron chi connectivity index (χ0n) is 17.7. The van der Waals surface area contributed by atoms with Crippen molar-refractivity contribution in [3.8, 4) is 5.75 Å². The van der Waals surface area contributed by atoms with Gasteiger partial charge in [-0.25, -0.2) is 15.0 Å². The summed E-state index contributed by atoms with van der Waals surface area (Å²) in [5, 5.41) is 0. The highest BCUT2D eigenvalue weighted by Gasteiger charge is 2.36. The molecule has 170 valence electrons. The van der Waals surface area contributed by atoms with E-state index in [4.69, 9.17) is 10.5 Å². The van der Waals surface area contributed by atoms with Gasteiger partial charge in [0.05, 0.1) is 29.0 Å². The minimum absolute atomic E-state index is 0.0624. The Morgan fingerprint density at radius 3 is 2.82 bits per heavy atom. The second-order valence-corrected chi connectivity index (χ2v) is 7.77. The number of ether oxygens (including phenoxy) is 1. The van der Waals surface area contributed by atoms with Crippen LogP contribution in [-0.2, 0) is 6.18 Å². The lowest BCUT2D eigenvalue weighted by atomic mass is 10.0. The van der Waals surface area contributed by atoms with Gasteiger partial charge >= 0.3 is 6.18 Å². The number of nitrogens with zero attached hydrogens (tertiary/aromatic N) is 5. The molecule has 0 saturated heterocycles. The minimum Gasteiger partial charge on any atom is -0.491 e. The van der Waals surface area contributed by atoms with E-state index >= 15 is 0 Å². The van der Waals surface area contributed by atoms with Crippen LogP contribution in [0, 0.1) is 6.92 Å². The Balaban J connectivity index is 1.53. The molecule has 5 rings (SSSR count). The van der Waals surface area contributed by atoms with E-state index in [-0.39, 0.29) is 24.0 Å². The number of rotatable bonds is 3. The summed E-state index contributed by atoms with van der Waals surface area (Å²) in [6.45, 7) is 3.98. The van der Waals surface area contributed by atoms with Gasteiger partial charge in [-0.3, -0.25) is 9.20 Å². The summed E-state index contributed by atoms with van der Waals surface area (Å²) in [6, 6.07) is 4.42. The molecule has 8 nitrogen and oxygen atoms in total. The van der Waals surface area contributed by atoms with Crippen LogP contribution in [0.15, 0.2) is 36.8 Å². The predicted octanol–water partition coefficient (Wildman–Crippen LogP) is 3.78. The van der Waals surface area contributed by atoms with Crippen LogP contribution in [0.1, 0.15) is 40.3 Å². The standard InChI is InChI=1S/C22H19F3N6O2/c1-3-30(17-9-33-18-6-12(22(23,24)25)4-5-13(17)18)21(32)14-7-16-15(8-27-14)29-20(26)19-11(2)28-10-31(16)19/h4-8,10,17H,3,9H2,1-2H3,(H2,26,29)/t17-/m1/s1. The number of nitrogens with two attached hydrogens (primary N) is 1. The fourth-order valence-electron chi connectivity index (χ4n) is 4.23. The van der Waals surface area contributed by atoms with Gasteiger partial charge in [0.1, 0.15) is 35.4 Å². The Kier molecular flexibility index (Phi) is 4.66. The van der Waals surface area contributed by atoms with Crippen LogP contribution in [-0.4, -0.2) is 43.3 Å². The van der Waals surface area contributed by atoms with Crippen LogP contribution < -0.4 is 10.5 Å². The molecule has 4 heterocycles. The highest BCUT2D eigenvalue weighted by atomic mass is 19.4. The third-order valence-electron chi connectivity index (χ3n) is 5.85. The van der Waals surface area contributed by atoms with Gasteiger partial charge in [-0.2, -0.15) is 13.2 Å². The molecular weight excluding hydrogens is 437 g/mol. The average Bonchev–Trinajstić information content (AvgIpc) is 3.37. The number of halogens is 3. The maximum absolute atomic E-state index is 13.4. The Bertz CT molecular complexity index is 1420. The SMILES string of the molecule is CCN(C(=O)c1cc2c(cn1)nc(N)c1c(C)ncn12)[C@@H]1COc2cc(C(F)(F)F)ccc21. The number of amides is 1. The maximum atomic E-state index is 13.4. The van der Waals surface area contributed by atoms with E-state index < -0.39 is 17.8 Å². The molecular formula is C22H19F3N6O2. The number of imidazole rings is 1. The lowest BCUT2D eigenvalue weighted by Gasteiger charge is -2.26. The quantitative estimate of drug-likeness (QED) is 0.504. The fourth-order valence-corrected chi connectivity index (χ4v) is 4.23. The average molecular weight is 456 g/mol. The first-order chi connectivity index (χ1) is 15.7. The summed E-state index contributed by atoms with van der Waals surface area (Å²) in [7, 11) is 0. The van der Waals surface area contributed by atoms with Crippen molar-refractivity contribution in [2.24, 2.45) is 0 Å². The number of nitrogen functional groups attached to an aromatic ring is 1. The third-order valence-corrected chi connectivity index (χ3v) is 5.85. The van der Waals surface area contributed by atoms with E-state index in [0.29, 0.717) is 40.2 Å². The van der Waals surface area contributed by atoms with Crippen molar-refractivity contribution < 1.29 is 22.7 Å². The second kappa shape index (κ2) is 7.32. The summed E-state index contributed by atoms with van der Waals surface area (Å²) in [4.78, 5) is 27.8. The first-order valence-corrected chi connectivity index (χ1v) is 10.2. The molecule has 1 aliphatic rings. The molecule has 0 saturated carbocycles. The minimum atomic E-state index is -4.47. The van der Waals surface area contributed by atoms with Crippen molar-refractivity contribution in [2.75, 3.05) is 18.9 Å². The number of carbonyl (C=O) groups excluding carboxylic acids is 1. The van der Waals surface area contributed by atoms with E-state index in [9.17, 15) is 18.0 Å². The van der Waals surface area contributed by atoms with Crippen molar-refractivity contribution in [1.29, 1.82) is 0 Å². The van der Waals surface area contributed by atoms with Gasteiger partial charge in [-0.05, 0) is 32.0 Å². The number of anilines is 1. The molecule has 1 atom stereocenters. The molecule has 1 aliphatic heterocycles. The van der Waals surface area contributed by atoms with E-state index in [2.05, 4.69) is 15.0 Å². The van der Waals surface area contributed by atoms with Crippen LogP contribution in [0.4, 0.5) is 19.0 Å². The van der Waals surface area contributed by atoms with Gasteiger partial charge < -0.3 is 15.4 Å². The molecule has 0 radical (unpaired) electrons. The van der Waals surface area contributed by atoms with Crippen molar-refractivity contribution in [1.82, 2.24) is 24.3 Å². The molecule has 1 amide bonds. The normalized spacial score (nSPS) is 15.6. The summed E-state index contributed by atoms with van der Waals surface area (Å²) in [5.41, 5.74) is 8.43. The second-order valence-electron chi connectivity index (χ2n) is 7.77. The van der Waals surface area contributed by atoms with Crippen molar-refractivity contribution in [2.45, 2.75) is 26.1 Å². The molecule has 4 aromatic rings. The molecule has 0 spiro atoms. The third kappa shape index (κ3) is 3.31. The first-order valence-electron chi connectivity index (χ1n) is 10.2. The van der Waals surface area contributed by atoms with Gasteiger partial charge in [0, 0.05) is 12.1 Å². The number of aryl methyl sites for hydroxylation is 1. The smallest absolute Gasteiger partial charge is 0.416 e. The zero-order chi connectivity index (χ0) is 23.5. The van der Waals surface area contributed by atoms with Gasteiger partial charge in [-0.15, -0.1) is 0 Å². The van der Waals surface area contributed by atoms with Crippen LogP contribution in [0.2, 0.25) is 0 Å². The number of benzene rings is 1. The summed E-state index contributed by atoms with van der Waals surface area (Å²) < 4.78 is 46.4. The number of pyridine rings is 1. The van der Waals surface area contributed by atoms with Crippen LogP contribution in [0.5, 0.6) is 5.75 Å². The summed E-state index contributed by atoms with van der Waals surface area (Å²) in [6.07, 6.45) is -1.40. The highest BCUT2D eigenvalue weighted by molar-refractivity contribution is 5.96. The number of alkyl halides is 3. The Labute approximate surface area is 185 Å². The molecule has 0 aliphatic carbocycles. The number of carbonyl (C=O) groups is 1. The van der Waals surface area contributed by atoms with E-state index in [1.165, 1.54) is 17.2 Å². The number of fused-ring (bicyclic) bond motifs is 4. The van der Waals surface area contributed by atoms with E-state index in [0.717, 1.165) is 12.1 Å². The van der Waals surface area contributed by atoms with E-state index in [1.54, 1.807) is 23.7 Å². The molecule has 11 heteroatoms. The highest BCUT2D eigenvalue weighted by Crippen LogP contribution is 2.40. The lowest BCUT2D eigenvalue weighted by molar-refractivity contribution is -0.137. The molecule has 2 N–H and O–H groups in total. The summed E-state index contributed by atoms with van der Waals surface area (Å²) >= 11 is 0. The number of hydrogen-bond acceptors (Lipinski definition) is 6. The molecule has 3 aromatic heterocycles. The lowest BCUT2D eigenvalue weighted by Crippen LogP contribution is -2.36. The van der Waals surface area contributed by atoms with E-state index in [1.807, 2.05) is 6.92 Å². The number of hydrogen-bond donors (Lipinski definition) is 1. The maximum Gasteiger partial charge on any atom is 0.416 e. The van der Waals surface area contributed by atoms with Gasteiger partial charge in [0.25, 0.3) is 5.91 Å². The predicted molar refractivity (Wildman–Crippen MR) is 114 cm³/mol. The monoisotopic (exact) mass is 456 g/mol. The molecule has 0 unspecified atom stereocenters. The topological polar surface area (TPSA) is 98.6 Å². The molecule has 0 bridgehead atoms. The number of aromatic nitrogens is 4. The van der Waals surface area contributed by atoms with Gasteiger partial charge in [0.2, 0.25) is 0 Å². The molecule has 33 heavy (non-hydrogen) atoms. The Morgan fingerprint density at radius 2 is 2.09 bits per heavy atom. The van der Waals surface area contributed by atoms with Crippen LogP contribution in [0.25, 0.3) is 16.6 Å². The molecule has 0 fully saturated rings. The van der Waals surface area contributed by atoms with Crippen LogP contribution >= 0.6 is 0 Å². The molecule has 1 aromatic carbocycles. The zero-order valence-corrected chi connectivity index (χ0v) is 17.7. The van der Waals surface area contributed by atoms with Gasteiger partial charge in [-0.1, -0.05) is 6.07 Å². The van der Waals surface area contributed by atoms with Crippen molar-refractivity contribution in [3.05, 3.63) is 59.3 Å². The van der Waals surface area contributed by atoms with Crippen molar-refractivity contribution >= 4 is 28.3 Å². The van der Waals surface area contributed by atoms with Crippen molar-refractivity contribution in [3.63, 3.8) is 0 Å².